The number of nitrogens with zero attached hydrogens (tertiary/aromatic N) is 5. The molecule has 2 aliphatic heterocycles. The molecule has 1 amide bonds. The van der Waals surface area contributed by atoms with E-state index in [0.717, 1.165) is 50.7 Å². The average Bonchev–Trinajstić information content (AvgIpc) is 3.12. The Hall–Kier alpha value is -2.67. The van der Waals surface area contributed by atoms with E-state index in [1.54, 1.807) is 24.4 Å². The van der Waals surface area contributed by atoms with Gasteiger partial charge in [-0.05, 0) is 36.6 Å². The summed E-state index contributed by atoms with van der Waals surface area (Å²) in [5.74, 6) is 1.78. The summed E-state index contributed by atoms with van der Waals surface area (Å²) in [6, 6.07) is 10.1. The van der Waals surface area contributed by atoms with Crippen molar-refractivity contribution in [3.05, 3.63) is 48.3 Å². The lowest BCUT2D eigenvalue weighted by molar-refractivity contribution is -0.140. The Morgan fingerprint density at radius 3 is 2.79 bits per heavy atom. The molecule has 0 bridgehead atoms. The number of amides is 1. The summed E-state index contributed by atoms with van der Waals surface area (Å²) in [7, 11) is 5.40. The second-order valence-corrected chi connectivity index (χ2v) is 8.24. The van der Waals surface area contributed by atoms with Crippen LogP contribution in [0.3, 0.4) is 0 Å². The van der Waals surface area contributed by atoms with Crippen LogP contribution in [0, 0.1) is 5.41 Å². The minimum atomic E-state index is -0.431. The van der Waals surface area contributed by atoms with Gasteiger partial charge in [-0.15, -0.1) is 0 Å². The summed E-state index contributed by atoms with van der Waals surface area (Å²) < 4.78 is 5.37. The molecule has 29 heavy (non-hydrogen) atoms. The molecule has 0 saturated carbocycles. The molecule has 0 radical (unpaired) electrons. The topological polar surface area (TPSA) is 61.8 Å². The van der Waals surface area contributed by atoms with Gasteiger partial charge >= 0.3 is 0 Å². The number of aromatic nitrogens is 2. The van der Waals surface area contributed by atoms with Crippen LogP contribution in [0.5, 0.6) is 5.75 Å². The van der Waals surface area contributed by atoms with Gasteiger partial charge in [-0.2, -0.15) is 0 Å². The first-order valence-electron chi connectivity index (χ1n) is 10.1. The highest BCUT2D eigenvalue weighted by Crippen LogP contribution is 2.44. The maximum Gasteiger partial charge on any atom is 0.231 e. The molecular formula is C22H29N5O2. The molecule has 2 fully saturated rings. The number of carbonyl (C=O) groups is 1. The molecule has 2 aromatic rings. The number of methoxy groups -OCH3 is 1. The highest BCUT2D eigenvalue weighted by Gasteiger charge is 2.56. The maximum atomic E-state index is 13.4. The van der Waals surface area contributed by atoms with E-state index in [0.29, 0.717) is 0 Å². The van der Waals surface area contributed by atoms with Gasteiger partial charge in [0.05, 0.1) is 18.6 Å². The van der Waals surface area contributed by atoms with Gasteiger partial charge < -0.3 is 14.5 Å². The zero-order chi connectivity index (χ0) is 20.4. The molecule has 2 saturated heterocycles. The summed E-state index contributed by atoms with van der Waals surface area (Å²) >= 11 is 0. The molecule has 2 aliphatic rings. The lowest BCUT2D eigenvalue weighted by Crippen LogP contribution is -2.58. The zero-order valence-corrected chi connectivity index (χ0v) is 17.4. The maximum absolute atomic E-state index is 13.4. The number of ether oxygens (including phenoxy) is 1. The third-order valence-electron chi connectivity index (χ3n) is 6.15. The summed E-state index contributed by atoms with van der Waals surface area (Å²) in [6.45, 7) is 3.23. The van der Waals surface area contributed by atoms with Crippen molar-refractivity contribution in [2.24, 2.45) is 5.41 Å². The lowest BCUT2D eigenvalue weighted by Gasteiger charge is -2.45. The van der Waals surface area contributed by atoms with Gasteiger partial charge in [0, 0.05) is 52.7 Å². The summed E-state index contributed by atoms with van der Waals surface area (Å²) in [6.07, 6.45) is 5.40. The predicted octanol–water partition coefficient (Wildman–Crippen LogP) is 2.04. The molecule has 0 unspecified atom stereocenters. The minimum absolute atomic E-state index is 0.0687. The number of carbonyl (C=O) groups excluding carboxylic acids is 1. The summed E-state index contributed by atoms with van der Waals surface area (Å²) in [4.78, 5) is 28.7. The van der Waals surface area contributed by atoms with Crippen molar-refractivity contribution in [3.8, 4) is 5.75 Å². The molecular weight excluding hydrogens is 366 g/mol. The first kappa shape index (κ1) is 19.6. The van der Waals surface area contributed by atoms with Gasteiger partial charge in [0.15, 0.2) is 0 Å². The van der Waals surface area contributed by atoms with Crippen molar-refractivity contribution in [3.63, 3.8) is 0 Å². The smallest absolute Gasteiger partial charge is 0.231 e. The van der Waals surface area contributed by atoms with E-state index >= 15 is 0 Å². The monoisotopic (exact) mass is 395 g/mol. The van der Waals surface area contributed by atoms with Crippen LogP contribution in [0.2, 0.25) is 0 Å². The van der Waals surface area contributed by atoms with Crippen LogP contribution in [0.4, 0.5) is 5.95 Å². The first-order chi connectivity index (χ1) is 14.0. The average molecular weight is 396 g/mol. The van der Waals surface area contributed by atoms with Crippen molar-refractivity contribution in [2.45, 2.75) is 25.4 Å². The number of hydrogen-bond donors (Lipinski definition) is 0. The molecule has 0 aliphatic carbocycles. The van der Waals surface area contributed by atoms with Crippen LogP contribution in [-0.4, -0.2) is 72.6 Å². The quantitative estimate of drug-likeness (QED) is 0.772. The van der Waals surface area contributed by atoms with Crippen LogP contribution in [0.15, 0.2) is 42.7 Å². The van der Waals surface area contributed by atoms with Gasteiger partial charge in [-0.3, -0.25) is 9.69 Å². The fraction of sp³-hybridized carbons (Fsp3) is 0.500. The zero-order valence-electron chi connectivity index (χ0n) is 17.4. The summed E-state index contributed by atoms with van der Waals surface area (Å²) in [5.41, 5.74) is 0.762. The van der Waals surface area contributed by atoms with E-state index in [2.05, 4.69) is 31.9 Å². The standard InChI is InChI=1S/C22H29N5O2/c1-25(2)20(28)22-9-5-12-27(21-23-10-6-11-24-21)19(22)15-26(16-22)14-17-7-4-8-18(13-17)29-3/h4,6-8,10-11,13,19H,5,9,12,14-16H2,1-3H3/t19-,22-/m0/s1. The third kappa shape index (κ3) is 3.67. The second kappa shape index (κ2) is 7.99. The van der Waals surface area contributed by atoms with Crippen molar-refractivity contribution >= 4 is 11.9 Å². The molecule has 4 rings (SSSR count). The molecule has 0 spiro atoms. The highest BCUT2D eigenvalue weighted by molar-refractivity contribution is 5.85. The molecule has 154 valence electrons. The number of fused-ring (bicyclic) bond motifs is 1. The van der Waals surface area contributed by atoms with Gasteiger partial charge in [0.2, 0.25) is 11.9 Å². The van der Waals surface area contributed by atoms with Crippen molar-refractivity contribution in [2.75, 3.05) is 45.7 Å². The van der Waals surface area contributed by atoms with E-state index in [9.17, 15) is 4.79 Å². The Kier molecular flexibility index (Phi) is 5.41. The SMILES string of the molecule is COc1cccc(CN2C[C@@H]3N(c4ncccn4)CCC[C@]3(C(=O)N(C)C)C2)c1. The molecule has 0 N–H and O–H groups in total. The van der Waals surface area contributed by atoms with Crippen LogP contribution in [-0.2, 0) is 11.3 Å². The lowest BCUT2D eigenvalue weighted by atomic mass is 9.74. The highest BCUT2D eigenvalue weighted by atomic mass is 16.5. The Morgan fingerprint density at radius 1 is 1.28 bits per heavy atom. The number of likely N-dealkylation sites (tertiary alicyclic amines) is 1. The Labute approximate surface area is 172 Å². The van der Waals surface area contributed by atoms with Gasteiger partial charge in [-0.25, -0.2) is 9.97 Å². The fourth-order valence-corrected chi connectivity index (χ4v) is 4.94. The molecule has 7 heteroatoms. The van der Waals surface area contributed by atoms with E-state index in [-0.39, 0.29) is 11.9 Å². The van der Waals surface area contributed by atoms with Crippen LogP contribution < -0.4 is 9.64 Å². The minimum Gasteiger partial charge on any atom is -0.497 e. The van der Waals surface area contributed by atoms with Crippen LogP contribution in [0.25, 0.3) is 0 Å². The van der Waals surface area contributed by atoms with Gasteiger partial charge in [-0.1, -0.05) is 12.1 Å². The number of hydrogen-bond acceptors (Lipinski definition) is 6. The molecule has 1 aromatic carbocycles. The van der Waals surface area contributed by atoms with E-state index in [1.165, 1.54) is 5.56 Å². The molecule has 2 atom stereocenters. The Balaban J connectivity index is 1.64. The van der Waals surface area contributed by atoms with Gasteiger partial charge in [0.25, 0.3) is 0 Å². The normalized spacial score (nSPS) is 24.2. The van der Waals surface area contributed by atoms with E-state index in [1.807, 2.05) is 32.3 Å². The predicted molar refractivity (Wildman–Crippen MR) is 112 cm³/mol. The fourth-order valence-electron chi connectivity index (χ4n) is 4.94. The third-order valence-corrected chi connectivity index (χ3v) is 6.15. The van der Waals surface area contributed by atoms with E-state index < -0.39 is 5.41 Å². The largest absolute Gasteiger partial charge is 0.497 e. The van der Waals surface area contributed by atoms with E-state index in [4.69, 9.17) is 4.74 Å². The number of piperidine rings is 1. The first-order valence-corrected chi connectivity index (χ1v) is 10.1. The van der Waals surface area contributed by atoms with Crippen molar-refractivity contribution in [1.29, 1.82) is 0 Å². The number of rotatable bonds is 5. The molecule has 1 aromatic heterocycles. The molecule has 7 nitrogen and oxygen atoms in total. The van der Waals surface area contributed by atoms with Crippen molar-refractivity contribution in [1.82, 2.24) is 19.8 Å². The summed E-state index contributed by atoms with van der Waals surface area (Å²) in [5, 5.41) is 0. The number of benzene rings is 1. The van der Waals surface area contributed by atoms with Gasteiger partial charge in [0.1, 0.15) is 5.75 Å². The van der Waals surface area contributed by atoms with Crippen LogP contribution >= 0.6 is 0 Å². The molecule has 3 heterocycles. The second-order valence-electron chi connectivity index (χ2n) is 8.24. The number of anilines is 1. The van der Waals surface area contributed by atoms with Crippen LogP contribution in [0.1, 0.15) is 18.4 Å². The van der Waals surface area contributed by atoms with Crippen molar-refractivity contribution < 1.29 is 9.53 Å². The Morgan fingerprint density at radius 2 is 2.07 bits per heavy atom. The Bertz CT molecular complexity index is 859.